The van der Waals surface area contributed by atoms with Gasteiger partial charge in [0.15, 0.2) is 0 Å². The summed E-state index contributed by atoms with van der Waals surface area (Å²) in [5.74, 6) is -0.335. The molecule has 6 unspecified atom stereocenters. The number of carboxylic acid groups (broad SMARTS) is 1. The van der Waals surface area contributed by atoms with Gasteiger partial charge in [0.1, 0.15) is 17.8 Å². The Hall–Kier alpha value is -2.38. The van der Waals surface area contributed by atoms with Crippen molar-refractivity contribution >= 4 is 23.9 Å². The first-order valence-electron chi connectivity index (χ1n) is 16.0. The fraction of sp³-hybridized carbons (Fsp3) is 0.824. The normalized spacial score (nSPS) is 29.5. The summed E-state index contributed by atoms with van der Waals surface area (Å²) < 4.78 is 16.8. The molecule has 1 saturated heterocycles. The van der Waals surface area contributed by atoms with Crippen LogP contribution in [-0.4, -0.2) is 46.8 Å². The van der Waals surface area contributed by atoms with Gasteiger partial charge in [-0.05, 0) is 105 Å². The second-order valence-electron chi connectivity index (χ2n) is 14.4. The van der Waals surface area contributed by atoms with Gasteiger partial charge >= 0.3 is 23.9 Å². The Kier molecular flexibility index (Phi) is 11.9. The standard InChI is InChI=1S/C14H20O4.C14H24O2.C6H12O2/c1-4-14(2,3)13(16)18-10-7-5-8-9(6-7)12(15)17-11(8)10;1-5-13(3,4)12(15)16-14(6-2)10-8-7-9-11-14;1-4-6(2,3)5(7)8/h7-11H,4-6H2,1-3H3;8,10H,5-7,9,11H2,1-4H3;4H2,1-3H3,(H,7,8). The van der Waals surface area contributed by atoms with E-state index in [-0.39, 0.29) is 47.0 Å². The van der Waals surface area contributed by atoms with Gasteiger partial charge in [0, 0.05) is 11.8 Å². The molecule has 8 nitrogen and oxygen atoms in total. The first kappa shape index (κ1) is 35.8. The van der Waals surface area contributed by atoms with E-state index >= 15 is 0 Å². The Morgan fingerprint density at radius 3 is 1.95 bits per heavy atom. The zero-order chi connectivity index (χ0) is 32.1. The second kappa shape index (κ2) is 13.9. The predicted octanol–water partition coefficient (Wildman–Crippen LogP) is 7.28. The molecule has 0 radical (unpaired) electrons. The van der Waals surface area contributed by atoms with E-state index in [4.69, 9.17) is 19.3 Å². The maximum absolute atomic E-state index is 12.1. The van der Waals surface area contributed by atoms with E-state index in [1.807, 2.05) is 48.5 Å². The monoisotopic (exact) mass is 592 g/mol. The van der Waals surface area contributed by atoms with Gasteiger partial charge in [-0.15, -0.1) is 0 Å². The number of esters is 3. The summed E-state index contributed by atoms with van der Waals surface area (Å²) in [5.41, 5.74) is -1.70. The minimum Gasteiger partial charge on any atom is -0.481 e. The number of carbonyl (C=O) groups excluding carboxylic acids is 3. The molecule has 8 heteroatoms. The molecule has 240 valence electrons. The van der Waals surface area contributed by atoms with E-state index in [0.29, 0.717) is 18.3 Å². The number of carbonyl (C=O) groups is 4. The molecule has 0 spiro atoms. The topological polar surface area (TPSA) is 116 Å². The van der Waals surface area contributed by atoms with Crippen molar-refractivity contribution in [3.63, 3.8) is 0 Å². The summed E-state index contributed by atoms with van der Waals surface area (Å²) in [5, 5.41) is 8.44. The molecule has 3 fully saturated rings. The van der Waals surface area contributed by atoms with Crippen molar-refractivity contribution in [3.8, 4) is 0 Å². The van der Waals surface area contributed by atoms with Crippen LogP contribution in [0, 0.1) is 34.0 Å². The molecule has 0 amide bonds. The number of ether oxygens (including phenoxy) is 3. The first-order valence-corrected chi connectivity index (χ1v) is 16.0. The molecule has 1 N–H and O–H groups in total. The molecule has 1 aliphatic heterocycles. The maximum Gasteiger partial charge on any atom is 0.312 e. The number of fused-ring (bicyclic) bond motifs is 1. The number of carboxylic acids is 1. The molecule has 4 aliphatic rings. The van der Waals surface area contributed by atoms with Crippen LogP contribution in [0.2, 0.25) is 0 Å². The lowest BCUT2D eigenvalue weighted by Crippen LogP contribution is -2.39. The lowest BCUT2D eigenvalue weighted by molar-refractivity contribution is -0.170. The number of allylic oxidation sites excluding steroid dienone is 1. The molecule has 0 aromatic carbocycles. The summed E-state index contributed by atoms with van der Waals surface area (Å²) >= 11 is 0. The Morgan fingerprint density at radius 1 is 0.929 bits per heavy atom. The third-order valence-corrected chi connectivity index (χ3v) is 10.3. The number of hydrogen-bond acceptors (Lipinski definition) is 7. The molecule has 6 atom stereocenters. The SMILES string of the molecule is CCC(C)(C)C(=O)O.CCC(C)(C)C(=O)OC1C2CC3C(=O)OC1C3C2.CCC1(OC(=O)C(C)(C)CC)C=CCCC1. The van der Waals surface area contributed by atoms with Gasteiger partial charge in [0.2, 0.25) is 0 Å². The summed E-state index contributed by atoms with van der Waals surface area (Å²) in [6, 6.07) is 0. The lowest BCUT2D eigenvalue weighted by Gasteiger charge is -2.35. The van der Waals surface area contributed by atoms with Crippen molar-refractivity contribution in [1.29, 1.82) is 0 Å². The van der Waals surface area contributed by atoms with Crippen molar-refractivity contribution < 1.29 is 38.5 Å². The highest BCUT2D eigenvalue weighted by molar-refractivity contribution is 5.78. The van der Waals surface area contributed by atoms with Crippen LogP contribution in [0.3, 0.4) is 0 Å². The van der Waals surface area contributed by atoms with E-state index in [1.54, 1.807) is 13.8 Å². The smallest absolute Gasteiger partial charge is 0.312 e. The van der Waals surface area contributed by atoms with Crippen LogP contribution in [0.4, 0.5) is 0 Å². The van der Waals surface area contributed by atoms with E-state index in [1.165, 1.54) is 0 Å². The van der Waals surface area contributed by atoms with Gasteiger partial charge in [0.25, 0.3) is 0 Å². The summed E-state index contributed by atoms with van der Waals surface area (Å²) in [7, 11) is 0. The van der Waals surface area contributed by atoms with Gasteiger partial charge in [-0.2, -0.15) is 0 Å². The van der Waals surface area contributed by atoms with Crippen molar-refractivity contribution in [2.45, 2.75) is 145 Å². The molecule has 42 heavy (non-hydrogen) atoms. The molecular formula is C34H56O8. The molecule has 0 aromatic heterocycles. The van der Waals surface area contributed by atoms with Gasteiger partial charge in [-0.25, -0.2) is 0 Å². The highest BCUT2D eigenvalue weighted by atomic mass is 16.6. The van der Waals surface area contributed by atoms with Crippen LogP contribution >= 0.6 is 0 Å². The van der Waals surface area contributed by atoms with Crippen LogP contribution in [0.25, 0.3) is 0 Å². The molecule has 4 rings (SSSR count). The second-order valence-corrected chi connectivity index (χ2v) is 14.4. The van der Waals surface area contributed by atoms with Gasteiger partial charge in [0.05, 0.1) is 22.2 Å². The Balaban J connectivity index is 0.000000237. The Bertz CT molecular complexity index is 1010. The fourth-order valence-electron chi connectivity index (χ4n) is 5.46. The summed E-state index contributed by atoms with van der Waals surface area (Å²) in [4.78, 5) is 46.1. The van der Waals surface area contributed by atoms with E-state index < -0.39 is 16.8 Å². The zero-order valence-corrected chi connectivity index (χ0v) is 27.7. The van der Waals surface area contributed by atoms with Crippen molar-refractivity contribution in [2.24, 2.45) is 34.0 Å². The average molecular weight is 593 g/mol. The Morgan fingerprint density at radius 2 is 1.50 bits per heavy atom. The number of hydrogen-bond donors (Lipinski definition) is 1. The summed E-state index contributed by atoms with van der Waals surface area (Å²) in [6.07, 6.45) is 12.0. The van der Waals surface area contributed by atoms with E-state index in [0.717, 1.165) is 51.4 Å². The van der Waals surface area contributed by atoms with Crippen molar-refractivity contribution in [1.82, 2.24) is 0 Å². The van der Waals surface area contributed by atoms with Crippen LogP contribution in [0.1, 0.15) is 127 Å². The van der Waals surface area contributed by atoms with E-state index in [9.17, 15) is 19.2 Å². The fourth-order valence-corrected chi connectivity index (χ4v) is 5.46. The van der Waals surface area contributed by atoms with Crippen molar-refractivity contribution in [3.05, 3.63) is 12.2 Å². The zero-order valence-electron chi connectivity index (χ0n) is 27.7. The van der Waals surface area contributed by atoms with Gasteiger partial charge < -0.3 is 19.3 Å². The van der Waals surface area contributed by atoms with Crippen LogP contribution < -0.4 is 0 Å². The Labute approximate surface area is 253 Å². The number of rotatable bonds is 9. The number of aliphatic carboxylic acids is 1. The van der Waals surface area contributed by atoms with Crippen LogP contribution in [-0.2, 0) is 33.4 Å². The molecular weight excluding hydrogens is 536 g/mol. The third kappa shape index (κ3) is 8.16. The maximum atomic E-state index is 12.1. The quantitative estimate of drug-likeness (QED) is 0.169. The molecule has 0 aromatic rings. The van der Waals surface area contributed by atoms with E-state index in [2.05, 4.69) is 19.1 Å². The first-order chi connectivity index (χ1) is 19.4. The molecule has 2 saturated carbocycles. The van der Waals surface area contributed by atoms with Crippen molar-refractivity contribution in [2.75, 3.05) is 0 Å². The molecule has 1 heterocycles. The molecule has 2 bridgehead atoms. The highest BCUT2D eigenvalue weighted by Gasteiger charge is 2.63. The molecule has 3 aliphatic carbocycles. The minimum absolute atomic E-state index is 0.0663. The van der Waals surface area contributed by atoms with Crippen LogP contribution in [0.15, 0.2) is 12.2 Å². The summed E-state index contributed by atoms with van der Waals surface area (Å²) in [6.45, 7) is 19.1. The van der Waals surface area contributed by atoms with Gasteiger partial charge in [-0.3, -0.25) is 19.2 Å². The van der Waals surface area contributed by atoms with Crippen LogP contribution in [0.5, 0.6) is 0 Å². The lowest BCUT2D eigenvalue weighted by atomic mass is 9.86. The van der Waals surface area contributed by atoms with Gasteiger partial charge in [-0.1, -0.05) is 33.8 Å². The predicted molar refractivity (Wildman–Crippen MR) is 161 cm³/mol. The third-order valence-electron chi connectivity index (χ3n) is 10.3. The average Bonchev–Trinajstić information content (AvgIpc) is 3.59. The highest BCUT2D eigenvalue weighted by Crippen LogP contribution is 2.55. The largest absolute Gasteiger partial charge is 0.481 e. The minimum atomic E-state index is -0.722.